The molecule has 11 aromatic rings. The molecule has 3 nitrogen and oxygen atoms in total. The van der Waals surface area contributed by atoms with Gasteiger partial charge in [-0.15, -0.1) is 0 Å². The highest BCUT2D eigenvalue weighted by molar-refractivity contribution is 6.26. The number of aromatic amines is 1. The molecule has 0 amide bonds. The molecule has 2 aliphatic rings. The van der Waals surface area contributed by atoms with Gasteiger partial charge >= 0.3 is 0 Å². The van der Waals surface area contributed by atoms with Crippen molar-refractivity contribution in [2.75, 3.05) is 9.80 Å². The second-order valence-corrected chi connectivity index (χ2v) is 16.1. The average molecular weight is 752 g/mol. The summed E-state index contributed by atoms with van der Waals surface area (Å²) >= 11 is 0. The van der Waals surface area contributed by atoms with Gasteiger partial charge in [-0.05, 0) is 140 Å². The van der Waals surface area contributed by atoms with Gasteiger partial charge in [0.15, 0.2) is 0 Å². The van der Waals surface area contributed by atoms with Gasteiger partial charge in [0.2, 0.25) is 0 Å². The first kappa shape index (κ1) is 32.5. The Labute approximate surface area is 341 Å². The lowest BCUT2D eigenvalue weighted by molar-refractivity contribution is 1.22. The van der Waals surface area contributed by atoms with Gasteiger partial charge in [-0.2, -0.15) is 0 Å². The predicted octanol–water partition coefficient (Wildman–Crippen LogP) is 15.7. The van der Waals surface area contributed by atoms with E-state index in [4.69, 9.17) is 0 Å². The number of anilines is 6. The van der Waals surface area contributed by atoms with Crippen molar-refractivity contribution in [3.05, 3.63) is 205 Å². The SMILES string of the molecule is C1=Cc2ccc3c(N(c4ccccc4)c4ccc5[nH]c6ccc(N(c7ccccc7)c7ccc8ccc9cccc%10ccc7c8c9%10)cc6c5c4)ccc4c3c2C(=CC4)C1. The lowest BCUT2D eigenvalue weighted by Crippen LogP contribution is -2.12. The molecule has 276 valence electrons. The Bertz CT molecular complexity index is 3540. The number of para-hydroxylation sites is 2. The molecular formula is C56H37N3. The van der Waals surface area contributed by atoms with Gasteiger partial charge in [-0.1, -0.05) is 121 Å². The summed E-state index contributed by atoms with van der Waals surface area (Å²) in [6.45, 7) is 0. The van der Waals surface area contributed by atoms with E-state index in [1.165, 1.54) is 81.8 Å². The lowest BCUT2D eigenvalue weighted by atomic mass is 9.81. The number of rotatable bonds is 6. The summed E-state index contributed by atoms with van der Waals surface area (Å²) in [5.41, 5.74) is 14.7. The summed E-state index contributed by atoms with van der Waals surface area (Å²) in [6, 6.07) is 65.1. The van der Waals surface area contributed by atoms with Crippen LogP contribution in [-0.4, -0.2) is 4.98 Å². The molecule has 2 aliphatic carbocycles. The summed E-state index contributed by atoms with van der Waals surface area (Å²) in [5, 5.41) is 12.8. The average Bonchev–Trinajstić information content (AvgIpc) is 3.66. The number of hydrogen-bond donors (Lipinski definition) is 1. The maximum atomic E-state index is 3.77. The zero-order valence-electron chi connectivity index (χ0n) is 32.3. The Morgan fingerprint density at radius 3 is 1.66 bits per heavy atom. The smallest absolute Gasteiger partial charge is 0.0540 e. The zero-order valence-corrected chi connectivity index (χ0v) is 32.3. The molecule has 3 heteroatoms. The van der Waals surface area contributed by atoms with Crippen LogP contribution in [0.1, 0.15) is 23.1 Å². The van der Waals surface area contributed by atoms with Crippen LogP contribution in [0.25, 0.3) is 76.5 Å². The molecule has 0 atom stereocenters. The minimum Gasteiger partial charge on any atom is -0.355 e. The van der Waals surface area contributed by atoms with Crippen LogP contribution in [0.15, 0.2) is 188 Å². The fourth-order valence-corrected chi connectivity index (χ4v) is 10.3. The molecule has 0 saturated carbocycles. The van der Waals surface area contributed by atoms with Crippen molar-refractivity contribution < 1.29 is 0 Å². The first-order chi connectivity index (χ1) is 29.2. The molecule has 1 aromatic heterocycles. The molecule has 0 aliphatic heterocycles. The van der Waals surface area contributed by atoms with E-state index >= 15 is 0 Å². The maximum Gasteiger partial charge on any atom is 0.0540 e. The van der Waals surface area contributed by atoms with Crippen LogP contribution in [0.3, 0.4) is 0 Å². The van der Waals surface area contributed by atoms with E-state index in [1.807, 2.05) is 0 Å². The molecule has 10 aromatic carbocycles. The standard InChI is InChI=1S/C56H37N3/c1-3-13-41(14-4-1)58(51-31-23-39-19-17-35-9-7-11-37-21-27-45(51)55(39)53(35)37)43-25-29-49-47(33-43)48-34-44(26-30-50(48)57-49)59(42-15-5-2-6-16-42)52-32-24-40-20-18-36-10-8-12-38-22-28-46(52)56(40)54(36)38/h1-9,11-19,21-34,57H,10,20H2. The summed E-state index contributed by atoms with van der Waals surface area (Å²) in [4.78, 5) is 8.65. The second-order valence-electron chi connectivity index (χ2n) is 16.1. The summed E-state index contributed by atoms with van der Waals surface area (Å²) in [5.74, 6) is 0. The first-order valence-corrected chi connectivity index (χ1v) is 20.6. The van der Waals surface area contributed by atoms with Crippen LogP contribution in [0.4, 0.5) is 34.1 Å². The highest BCUT2D eigenvalue weighted by Crippen LogP contribution is 2.48. The third-order valence-corrected chi connectivity index (χ3v) is 12.9. The van der Waals surface area contributed by atoms with Crippen molar-refractivity contribution in [3.8, 4) is 0 Å². The molecule has 0 fully saturated rings. The minimum atomic E-state index is 0.972. The Morgan fingerprint density at radius 2 is 0.983 bits per heavy atom. The number of benzene rings is 10. The van der Waals surface area contributed by atoms with E-state index in [0.717, 1.165) is 52.3 Å². The lowest BCUT2D eigenvalue weighted by Gasteiger charge is -2.30. The molecule has 0 saturated heterocycles. The van der Waals surface area contributed by atoms with E-state index in [2.05, 4.69) is 209 Å². The monoisotopic (exact) mass is 751 g/mol. The van der Waals surface area contributed by atoms with Crippen molar-refractivity contribution in [2.24, 2.45) is 0 Å². The molecule has 13 rings (SSSR count). The van der Waals surface area contributed by atoms with Crippen LogP contribution in [0, 0.1) is 0 Å². The summed E-state index contributed by atoms with van der Waals surface area (Å²) < 4.78 is 0. The Hall–Kier alpha value is -7.62. The molecule has 0 spiro atoms. The van der Waals surface area contributed by atoms with Gasteiger partial charge in [-0.25, -0.2) is 0 Å². The molecule has 1 heterocycles. The van der Waals surface area contributed by atoms with E-state index in [-0.39, 0.29) is 0 Å². The third-order valence-electron chi connectivity index (χ3n) is 12.9. The van der Waals surface area contributed by atoms with Gasteiger partial charge < -0.3 is 14.8 Å². The van der Waals surface area contributed by atoms with Gasteiger partial charge in [0, 0.05) is 55.3 Å². The molecule has 1 N–H and O–H groups in total. The van der Waals surface area contributed by atoms with Gasteiger partial charge in [-0.3, -0.25) is 0 Å². The van der Waals surface area contributed by atoms with Crippen molar-refractivity contribution in [1.82, 2.24) is 4.98 Å². The number of allylic oxidation sites excluding steroid dienone is 3. The van der Waals surface area contributed by atoms with Gasteiger partial charge in [0.05, 0.1) is 11.4 Å². The number of aromatic nitrogens is 1. The number of hydrogen-bond acceptors (Lipinski definition) is 2. The van der Waals surface area contributed by atoms with E-state index in [1.54, 1.807) is 0 Å². The molecular weight excluding hydrogens is 715 g/mol. The normalized spacial score (nSPS) is 13.3. The van der Waals surface area contributed by atoms with Crippen LogP contribution < -0.4 is 9.80 Å². The van der Waals surface area contributed by atoms with Crippen LogP contribution in [0.5, 0.6) is 0 Å². The van der Waals surface area contributed by atoms with E-state index in [0.29, 0.717) is 0 Å². The molecule has 0 radical (unpaired) electrons. The minimum absolute atomic E-state index is 0.972. The Balaban J connectivity index is 1.01. The predicted molar refractivity (Wildman–Crippen MR) is 252 cm³/mol. The number of fused-ring (bicyclic) bond motifs is 3. The molecule has 0 unspecified atom stereocenters. The highest BCUT2D eigenvalue weighted by Gasteiger charge is 2.25. The van der Waals surface area contributed by atoms with E-state index in [9.17, 15) is 0 Å². The van der Waals surface area contributed by atoms with Crippen LogP contribution in [-0.2, 0) is 6.42 Å². The van der Waals surface area contributed by atoms with Crippen molar-refractivity contribution in [2.45, 2.75) is 12.8 Å². The number of H-pyrrole nitrogens is 1. The fourth-order valence-electron chi connectivity index (χ4n) is 10.3. The number of nitrogens with zero attached hydrogens (tertiary/aromatic N) is 2. The topological polar surface area (TPSA) is 22.3 Å². The molecule has 59 heavy (non-hydrogen) atoms. The molecule has 0 bridgehead atoms. The summed E-state index contributed by atoms with van der Waals surface area (Å²) in [7, 11) is 0. The quantitative estimate of drug-likeness (QED) is 0.171. The fraction of sp³-hybridized carbons (Fsp3) is 0.0357. The van der Waals surface area contributed by atoms with Gasteiger partial charge in [0.25, 0.3) is 0 Å². The Morgan fingerprint density at radius 1 is 0.407 bits per heavy atom. The van der Waals surface area contributed by atoms with Crippen molar-refractivity contribution in [1.29, 1.82) is 0 Å². The van der Waals surface area contributed by atoms with Crippen LogP contribution in [0.2, 0.25) is 0 Å². The van der Waals surface area contributed by atoms with Gasteiger partial charge in [0.1, 0.15) is 0 Å². The van der Waals surface area contributed by atoms with Crippen molar-refractivity contribution >= 4 is 111 Å². The Kier molecular flexibility index (Phi) is 6.84. The highest BCUT2D eigenvalue weighted by atomic mass is 15.1. The van der Waals surface area contributed by atoms with Crippen LogP contribution >= 0.6 is 0 Å². The van der Waals surface area contributed by atoms with E-state index < -0.39 is 0 Å². The zero-order chi connectivity index (χ0) is 38.6. The first-order valence-electron chi connectivity index (χ1n) is 20.6. The van der Waals surface area contributed by atoms with Crippen molar-refractivity contribution in [3.63, 3.8) is 0 Å². The largest absolute Gasteiger partial charge is 0.355 e. The summed E-state index contributed by atoms with van der Waals surface area (Å²) in [6.07, 6.45) is 9.00. The third kappa shape index (κ3) is 4.82. The maximum absolute atomic E-state index is 3.77. The number of nitrogens with one attached hydrogen (secondary N) is 1. The second kappa shape index (κ2) is 12.4.